The van der Waals surface area contributed by atoms with Crippen LogP contribution in [0.1, 0.15) is 180 Å². The molecule has 0 unspecified atom stereocenters. The van der Waals surface area contributed by atoms with Gasteiger partial charge < -0.3 is 10.2 Å². The van der Waals surface area contributed by atoms with E-state index in [9.17, 15) is 9.59 Å². The fourth-order valence-corrected chi connectivity index (χ4v) is 8.86. The van der Waals surface area contributed by atoms with Crippen LogP contribution in [0.2, 0.25) is 0 Å². The van der Waals surface area contributed by atoms with Crippen molar-refractivity contribution in [3.63, 3.8) is 0 Å². The molecule has 0 aliphatic heterocycles. The molecule has 1 aromatic heterocycles. The molecule has 4 aromatic carbocycles. The van der Waals surface area contributed by atoms with Crippen molar-refractivity contribution in [1.29, 1.82) is 0 Å². The zero-order valence-corrected chi connectivity index (χ0v) is 39.8. The molecule has 0 amide bonds. The largest absolute Gasteiger partial charge is 0.478 e. The van der Waals surface area contributed by atoms with Crippen LogP contribution in [-0.4, -0.2) is 32.1 Å². The van der Waals surface area contributed by atoms with Gasteiger partial charge in [0.05, 0.1) is 33.9 Å². The number of rotatable bonds is 6. The quantitative estimate of drug-likeness (QED) is 0.177. The average Bonchev–Trinajstić information content (AvgIpc) is 3.20. The predicted octanol–water partition coefficient (Wildman–Crippen LogP) is 13.9. The van der Waals surface area contributed by atoms with Crippen molar-refractivity contribution in [2.75, 3.05) is 0 Å². The molecule has 2 N–H and O–H groups in total. The number of aryl methyl sites for hydroxylation is 6. The third-order valence-corrected chi connectivity index (χ3v) is 13.7. The average molecular weight is 833 g/mol. The summed E-state index contributed by atoms with van der Waals surface area (Å²) < 4.78 is 0. The molecule has 2 aliphatic rings. The molecule has 0 saturated carbocycles. The number of carboxylic acids is 2. The lowest BCUT2D eigenvalue weighted by Gasteiger charge is -2.42. The molecule has 6 heteroatoms. The van der Waals surface area contributed by atoms with Crippen molar-refractivity contribution in [2.24, 2.45) is 0 Å². The molecule has 62 heavy (non-hydrogen) atoms. The summed E-state index contributed by atoms with van der Waals surface area (Å²) in [6, 6.07) is 23.3. The summed E-state index contributed by atoms with van der Waals surface area (Å²) in [6.07, 6.45) is 4.75. The van der Waals surface area contributed by atoms with Gasteiger partial charge in [0.1, 0.15) is 0 Å². The monoisotopic (exact) mass is 833 g/mol. The van der Waals surface area contributed by atoms with Gasteiger partial charge >= 0.3 is 11.9 Å². The maximum Gasteiger partial charge on any atom is 0.335 e. The Morgan fingerprint density at radius 2 is 0.661 bits per heavy atom. The second-order valence-electron chi connectivity index (χ2n) is 20.2. The number of aromatic carboxylic acids is 2. The Hall–Kier alpha value is -5.62. The molecule has 2 aliphatic carbocycles. The van der Waals surface area contributed by atoms with Crippen LogP contribution < -0.4 is 0 Å². The Kier molecular flexibility index (Phi) is 13.5. The standard InChI is InChI=1S/2C24H28O2.C8H12N2/c2*1-15-13-20-21(24(5,6)12-11-23(20,3)4)14-19(15)16(2)17-7-9-18(10-8-17)22(25)26;1-5-6(2)10-8(4)7(3)9-5/h2*7-10,13-14H,2,11-12H2,1,3-6H3,(H,25,26);1-4H3. The van der Waals surface area contributed by atoms with E-state index in [0.29, 0.717) is 11.1 Å². The second kappa shape index (κ2) is 17.6. The van der Waals surface area contributed by atoms with Gasteiger partial charge in [0, 0.05) is 0 Å². The van der Waals surface area contributed by atoms with Gasteiger partial charge in [0.15, 0.2) is 0 Å². The molecule has 0 radical (unpaired) electrons. The van der Waals surface area contributed by atoms with Crippen LogP contribution in [0.4, 0.5) is 0 Å². The first kappa shape index (κ1) is 47.4. The number of hydrogen-bond donors (Lipinski definition) is 2. The summed E-state index contributed by atoms with van der Waals surface area (Å²) in [7, 11) is 0. The number of benzene rings is 4. The van der Waals surface area contributed by atoms with Crippen LogP contribution >= 0.6 is 0 Å². The van der Waals surface area contributed by atoms with E-state index in [1.807, 2.05) is 52.0 Å². The summed E-state index contributed by atoms with van der Waals surface area (Å²) in [4.78, 5) is 30.8. The van der Waals surface area contributed by atoms with Gasteiger partial charge in [-0.25, -0.2) is 9.59 Å². The van der Waals surface area contributed by atoms with Crippen molar-refractivity contribution in [3.05, 3.63) is 175 Å². The number of fused-ring (bicyclic) bond motifs is 2. The van der Waals surface area contributed by atoms with E-state index in [2.05, 4.69) is 117 Å². The van der Waals surface area contributed by atoms with Gasteiger partial charge in [-0.1, -0.05) is 117 Å². The molecule has 6 nitrogen and oxygen atoms in total. The molecular formula is C56H68N2O4. The van der Waals surface area contributed by atoms with Crippen molar-refractivity contribution in [1.82, 2.24) is 9.97 Å². The van der Waals surface area contributed by atoms with Crippen LogP contribution in [0.3, 0.4) is 0 Å². The minimum atomic E-state index is -0.906. The molecule has 1 heterocycles. The van der Waals surface area contributed by atoms with Gasteiger partial charge in [-0.15, -0.1) is 0 Å². The lowest BCUT2D eigenvalue weighted by atomic mass is 9.62. The SMILES string of the molecule is C=C(c1ccc(C(=O)O)cc1)c1cc2c(cc1C)C(C)(C)CCC2(C)C.C=C(c1ccc(C(=O)O)cc1)c1cc2c(cc1C)C(C)(C)CCC2(C)C.Cc1nc(C)c(C)nc1C. The van der Waals surface area contributed by atoms with Crippen LogP contribution in [0.15, 0.2) is 86.0 Å². The smallest absolute Gasteiger partial charge is 0.335 e. The molecular weight excluding hydrogens is 765 g/mol. The first-order chi connectivity index (χ1) is 28.7. The summed E-state index contributed by atoms with van der Waals surface area (Å²) >= 11 is 0. The molecule has 326 valence electrons. The van der Waals surface area contributed by atoms with E-state index in [-0.39, 0.29) is 21.7 Å². The van der Waals surface area contributed by atoms with E-state index in [0.717, 1.165) is 56.2 Å². The van der Waals surface area contributed by atoms with Crippen LogP contribution in [0.5, 0.6) is 0 Å². The zero-order valence-electron chi connectivity index (χ0n) is 39.8. The fraction of sp³-hybridized carbons (Fsp3) is 0.393. The third kappa shape index (κ3) is 10.0. The summed E-state index contributed by atoms with van der Waals surface area (Å²) in [5.41, 5.74) is 19.7. The number of hydrogen-bond acceptors (Lipinski definition) is 4. The second-order valence-corrected chi connectivity index (χ2v) is 20.2. The van der Waals surface area contributed by atoms with Crippen LogP contribution in [0.25, 0.3) is 11.1 Å². The zero-order chi connectivity index (χ0) is 46.3. The predicted molar refractivity (Wildman–Crippen MR) is 257 cm³/mol. The van der Waals surface area contributed by atoms with Crippen molar-refractivity contribution in [2.45, 2.75) is 144 Å². The Morgan fingerprint density at radius 3 is 0.903 bits per heavy atom. The number of nitrogens with zero attached hydrogens (tertiary/aromatic N) is 2. The third-order valence-electron chi connectivity index (χ3n) is 13.7. The van der Waals surface area contributed by atoms with Crippen LogP contribution in [0, 0.1) is 41.5 Å². The summed E-state index contributed by atoms with van der Waals surface area (Å²) in [5.74, 6) is -1.81. The van der Waals surface area contributed by atoms with Gasteiger partial charge in [0.2, 0.25) is 0 Å². The Balaban J connectivity index is 0.000000192. The van der Waals surface area contributed by atoms with E-state index in [1.165, 1.54) is 59.1 Å². The topological polar surface area (TPSA) is 100 Å². The maximum absolute atomic E-state index is 11.1. The maximum atomic E-state index is 11.1. The Bertz CT molecular complexity index is 2350. The minimum Gasteiger partial charge on any atom is -0.478 e. The van der Waals surface area contributed by atoms with E-state index in [4.69, 9.17) is 10.2 Å². The van der Waals surface area contributed by atoms with Gasteiger partial charge in [-0.2, -0.15) is 0 Å². The highest BCUT2D eigenvalue weighted by Crippen LogP contribution is 2.49. The van der Waals surface area contributed by atoms with E-state index >= 15 is 0 Å². The Labute approximate surface area is 371 Å². The van der Waals surface area contributed by atoms with Crippen molar-refractivity contribution >= 4 is 23.1 Å². The molecule has 0 fully saturated rings. The summed E-state index contributed by atoms with van der Waals surface area (Å²) in [6.45, 7) is 39.5. The Morgan fingerprint density at radius 1 is 0.435 bits per heavy atom. The van der Waals surface area contributed by atoms with Crippen molar-refractivity contribution < 1.29 is 19.8 Å². The summed E-state index contributed by atoms with van der Waals surface area (Å²) in [5, 5.41) is 18.2. The van der Waals surface area contributed by atoms with Gasteiger partial charge in [-0.3, -0.25) is 9.97 Å². The highest BCUT2D eigenvalue weighted by atomic mass is 16.4. The van der Waals surface area contributed by atoms with E-state index < -0.39 is 11.9 Å². The lowest BCUT2D eigenvalue weighted by Crippen LogP contribution is -2.34. The van der Waals surface area contributed by atoms with E-state index in [1.54, 1.807) is 24.3 Å². The molecule has 0 saturated heterocycles. The molecule has 0 bridgehead atoms. The first-order valence-electron chi connectivity index (χ1n) is 21.8. The molecule has 0 spiro atoms. The number of carbonyl (C=O) groups is 2. The molecule has 7 rings (SSSR count). The highest BCUT2D eigenvalue weighted by molar-refractivity contribution is 5.90. The van der Waals surface area contributed by atoms with Crippen molar-refractivity contribution in [3.8, 4) is 0 Å². The minimum absolute atomic E-state index is 0.154. The first-order valence-corrected chi connectivity index (χ1v) is 21.8. The normalized spacial score (nSPS) is 16.2. The number of aromatic nitrogens is 2. The fourth-order valence-electron chi connectivity index (χ4n) is 8.86. The molecule has 5 aromatic rings. The number of carboxylic acid groups (broad SMARTS) is 2. The molecule has 0 atom stereocenters. The van der Waals surface area contributed by atoms with Gasteiger partial charge in [-0.05, 0) is 180 Å². The van der Waals surface area contributed by atoms with Gasteiger partial charge in [0.25, 0.3) is 0 Å². The highest BCUT2D eigenvalue weighted by Gasteiger charge is 2.39. The lowest BCUT2D eigenvalue weighted by molar-refractivity contribution is 0.0686. The van der Waals surface area contributed by atoms with Crippen LogP contribution in [-0.2, 0) is 21.7 Å².